The number of fused-ring (bicyclic) bond motifs is 2. The van der Waals surface area contributed by atoms with Crippen LogP contribution in [0.25, 0.3) is 0 Å². The fraction of sp³-hybridized carbons (Fsp3) is 0.556. The molecule has 0 unspecified atom stereocenters. The first kappa shape index (κ1) is 17.0. The molecule has 0 saturated carbocycles. The molecular formula is C18H23N3O2S2. The number of thiazole rings is 1. The lowest BCUT2D eigenvalue weighted by molar-refractivity contribution is -0.0735. The first-order chi connectivity index (χ1) is 12.2. The normalized spacial score (nSPS) is 19.0. The van der Waals surface area contributed by atoms with Crippen molar-refractivity contribution >= 4 is 33.7 Å². The fourth-order valence-corrected chi connectivity index (χ4v) is 5.69. The minimum absolute atomic E-state index is 0.0524. The quantitative estimate of drug-likeness (QED) is 0.887. The van der Waals surface area contributed by atoms with Gasteiger partial charge in [-0.05, 0) is 37.3 Å². The Bertz CT molecular complexity index is 734. The first-order valence-corrected chi connectivity index (χ1v) is 10.6. The fourth-order valence-electron chi connectivity index (χ4n) is 3.66. The third kappa shape index (κ3) is 3.20. The van der Waals surface area contributed by atoms with Crippen LogP contribution in [0, 0.1) is 0 Å². The lowest BCUT2D eigenvalue weighted by atomic mass is 9.85. The zero-order chi connectivity index (χ0) is 17.3. The second kappa shape index (κ2) is 7.05. The van der Waals surface area contributed by atoms with Crippen LogP contribution >= 0.6 is 22.7 Å². The SMILES string of the molecule is CCCNC(=O)c1cc2c(s1)C1(CCN(c3nccs3)CC1)OCC2. The highest BCUT2D eigenvalue weighted by Crippen LogP contribution is 2.46. The molecule has 0 aromatic carbocycles. The molecule has 0 atom stereocenters. The Kier molecular flexibility index (Phi) is 4.80. The summed E-state index contributed by atoms with van der Waals surface area (Å²) in [6, 6.07) is 2.09. The largest absolute Gasteiger partial charge is 0.369 e. The Hall–Kier alpha value is -1.44. The lowest BCUT2D eigenvalue weighted by Gasteiger charge is -2.43. The van der Waals surface area contributed by atoms with Crippen LogP contribution in [0.2, 0.25) is 0 Å². The average Bonchev–Trinajstić information content (AvgIpc) is 3.31. The molecular weight excluding hydrogens is 354 g/mol. The molecule has 5 nitrogen and oxygen atoms in total. The molecule has 0 aliphatic carbocycles. The van der Waals surface area contributed by atoms with Crippen LogP contribution in [-0.2, 0) is 16.8 Å². The predicted molar refractivity (Wildman–Crippen MR) is 102 cm³/mol. The number of nitrogens with one attached hydrogen (secondary N) is 1. The van der Waals surface area contributed by atoms with E-state index in [1.165, 1.54) is 10.4 Å². The molecule has 2 aromatic heterocycles. The van der Waals surface area contributed by atoms with Crippen LogP contribution in [-0.4, -0.2) is 37.1 Å². The van der Waals surface area contributed by atoms with Gasteiger partial charge in [-0.25, -0.2) is 4.98 Å². The number of hydrogen-bond acceptors (Lipinski definition) is 6. The monoisotopic (exact) mass is 377 g/mol. The number of rotatable bonds is 4. The van der Waals surface area contributed by atoms with Gasteiger partial charge < -0.3 is 15.0 Å². The van der Waals surface area contributed by atoms with Crippen molar-refractivity contribution in [2.24, 2.45) is 0 Å². The molecule has 134 valence electrons. The first-order valence-electron chi connectivity index (χ1n) is 8.91. The highest BCUT2D eigenvalue weighted by Gasteiger charge is 2.43. The molecule has 2 aliphatic rings. The zero-order valence-electron chi connectivity index (χ0n) is 14.4. The van der Waals surface area contributed by atoms with E-state index in [1.54, 1.807) is 22.7 Å². The maximum Gasteiger partial charge on any atom is 0.261 e. The number of ether oxygens (including phenoxy) is 1. The molecule has 1 fully saturated rings. The van der Waals surface area contributed by atoms with Crippen molar-refractivity contribution in [3.8, 4) is 0 Å². The van der Waals surface area contributed by atoms with Gasteiger partial charge in [-0.2, -0.15) is 0 Å². The molecule has 1 amide bonds. The lowest BCUT2D eigenvalue weighted by Crippen LogP contribution is -2.46. The van der Waals surface area contributed by atoms with Gasteiger partial charge in [-0.1, -0.05) is 6.92 Å². The van der Waals surface area contributed by atoms with Gasteiger partial charge in [0, 0.05) is 36.1 Å². The van der Waals surface area contributed by atoms with Crippen LogP contribution < -0.4 is 10.2 Å². The summed E-state index contributed by atoms with van der Waals surface area (Å²) in [5.74, 6) is 0.0524. The maximum absolute atomic E-state index is 12.3. The molecule has 0 radical (unpaired) electrons. The van der Waals surface area contributed by atoms with Crippen LogP contribution in [0.1, 0.15) is 46.3 Å². The molecule has 7 heteroatoms. The van der Waals surface area contributed by atoms with E-state index in [1.807, 2.05) is 11.6 Å². The summed E-state index contributed by atoms with van der Waals surface area (Å²) in [4.78, 5) is 21.2. The van der Waals surface area contributed by atoms with Gasteiger partial charge in [0.15, 0.2) is 5.13 Å². The van der Waals surface area contributed by atoms with Crippen LogP contribution in [0.15, 0.2) is 17.6 Å². The van der Waals surface area contributed by atoms with Gasteiger partial charge >= 0.3 is 0 Å². The number of nitrogens with zero attached hydrogens (tertiary/aromatic N) is 2. The van der Waals surface area contributed by atoms with Crippen molar-refractivity contribution in [1.29, 1.82) is 0 Å². The highest BCUT2D eigenvalue weighted by atomic mass is 32.1. The van der Waals surface area contributed by atoms with Gasteiger partial charge in [0.1, 0.15) is 5.60 Å². The number of carbonyl (C=O) groups excluding carboxylic acids is 1. The summed E-state index contributed by atoms with van der Waals surface area (Å²) in [6.45, 7) is 5.44. The van der Waals surface area contributed by atoms with Crippen LogP contribution in [0.5, 0.6) is 0 Å². The van der Waals surface area contributed by atoms with Crippen molar-refractivity contribution in [3.05, 3.63) is 33.0 Å². The predicted octanol–water partition coefficient (Wildman–Crippen LogP) is 3.41. The molecule has 1 saturated heterocycles. The molecule has 4 heterocycles. The number of anilines is 1. The van der Waals surface area contributed by atoms with E-state index in [0.29, 0.717) is 0 Å². The molecule has 25 heavy (non-hydrogen) atoms. The second-order valence-corrected chi connectivity index (χ2v) is 8.54. The maximum atomic E-state index is 12.3. The number of hydrogen-bond donors (Lipinski definition) is 1. The Morgan fingerprint density at radius 1 is 1.44 bits per heavy atom. The van der Waals surface area contributed by atoms with Crippen molar-refractivity contribution in [2.75, 3.05) is 31.1 Å². The standard InChI is InChI=1S/C18H23N3O2S2/c1-2-6-19-16(22)14-12-13-3-10-23-18(15(13)25-14)4-8-21(9-5-18)17-20-7-11-24-17/h7,11-12H,2-6,8-10H2,1H3,(H,19,22). The minimum atomic E-state index is -0.213. The Balaban J connectivity index is 1.53. The van der Waals surface area contributed by atoms with Gasteiger partial charge in [0.05, 0.1) is 11.5 Å². The van der Waals surface area contributed by atoms with Crippen LogP contribution in [0.4, 0.5) is 5.13 Å². The van der Waals surface area contributed by atoms with E-state index in [9.17, 15) is 4.79 Å². The zero-order valence-corrected chi connectivity index (χ0v) is 16.0. The molecule has 1 N–H and O–H groups in total. The van der Waals surface area contributed by atoms with Crippen molar-refractivity contribution in [3.63, 3.8) is 0 Å². The number of piperidine rings is 1. The van der Waals surface area contributed by atoms with E-state index >= 15 is 0 Å². The highest BCUT2D eigenvalue weighted by molar-refractivity contribution is 7.14. The van der Waals surface area contributed by atoms with Crippen molar-refractivity contribution in [2.45, 2.75) is 38.2 Å². The van der Waals surface area contributed by atoms with Crippen molar-refractivity contribution < 1.29 is 9.53 Å². The molecule has 2 aromatic rings. The number of carbonyl (C=O) groups is 1. The van der Waals surface area contributed by atoms with E-state index in [0.717, 1.165) is 61.9 Å². The molecule has 4 rings (SSSR count). The summed E-state index contributed by atoms with van der Waals surface area (Å²) in [6.07, 6.45) is 5.63. The molecule has 1 spiro atoms. The summed E-state index contributed by atoms with van der Waals surface area (Å²) >= 11 is 3.32. The third-order valence-electron chi connectivity index (χ3n) is 4.99. The number of thiophene rings is 1. The Morgan fingerprint density at radius 3 is 3.00 bits per heavy atom. The van der Waals surface area contributed by atoms with E-state index in [2.05, 4.69) is 28.2 Å². The smallest absolute Gasteiger partial charge is 0.261 e. The topological polar surface area (TPSA) is 54.5 Å². The van der Waals surface area contributed by atoms with Gasteiger partial charge in [-0.3, -0.25) is 4.79 Å². The minimum Gasteiger partial charge on any atom is -0.369 e. The van der Waals surface area contributed by atoms with Crippen LogP contribution in [0.3, 0.4) is 0 Å². The number of amides is 1. The Labute approximate surface area is 156 Å². The summed E-state index contributed by atoms with van der Waals surface area (Å²) in [7, 11) is 0. The van der Waals surface area contributed by atoms with E-state index < -0.39 is 0 Å². The van der Waals surface area contributed by atoms with E-state index in [-0.39, 0.29) is 11.5 Å². The molecule has 2 aliphatic heterocycles. The Morgan fingerprint density at radius 2 is 2.28 bits per heavy atom. The molecule has 0 bridgehead atoms. The summed E-state index contributed by atoms with van der Waals surface area (Å²) in [5.41, 5.74) is 1.09. The summed E-state index contributed by atoms with van der Waals surface area (Å²) in [5, 5.41) is 6.11. The second-order valence-electron chi connectivity index (χ2n) is 6.62. The third-order valence-corrected chi connectivity index (χ3v) is 7.19. The van der Waals surface area contributed by atoms with Gasteiger partial charge in [-0.15, -0.1) is 22.7 Å². The summed E-state index contributed by atoms with van der Waals surface area (Å²) < 4.78 is 6.31. The average molecular weight is 378 g/mol. The van der Waals surface area contributed by atoms with E-state index in [4.69, 9.17) is 4.74 Å². The van der Waals surface area contributed by atoms with Crippen molar-refractivity contribution in [1.82, 2.24) is 10.3 Å². The number of aromatic nitrogens is 1. The van der Waals surface area contributed by atoms with Gasteiger partial charge in [0.25, 0.3) is 5.91 Å². The van der Waals surface area contributed by atoms with Gasteiger partial charge in [0.2, 0.25) is 0 Å².